The zero-order chi connectivity index (χ0) is 14.8. The first kappa shape index (κ1) is 13.7. The Morgan fingerprint density at radius 2 is 2.24 bits per heavy atom. The van der Waals surface area contributed by atoms with Crippen LogP contribution in [0.1, 0.15) is 16.1 Å². The van der Waals surface area contributed by atoms with Gasteiger partial charge in [-0.05, 0) is 0 Å². The van der Waals surface area contributed by atoms with E-state index in [1.165, 1.54) is 17.4 Å². The number of thiazole rings is 1. The van der Waals surface area contributed by atoms with E-state index in [0.29, 0.717) is 17.2 Å². The van der Waals surface area contributed by atoms with Gasteiger partial charge in [0, 0.05) is 29.6 Å². The van der Waals surface area contributed by atoms with Crippen LogP contribution in [0.25, 0.3) is 0 Å². The lowest BCUT2D eigenvalue weighted by Crippen LogP contribution is -2.15. The third-order valence-corrected chi connectivity index (χ3v) is 4.15. The highest BCUT2D eigenvalue weighted by molar-refractivity contribution is 7.15. The molecule has 108 valence electrons. The molecule has 21 heavy (non-hydrogen) atoms. The topological polar surface area (TPSA) is 97.2 Å². The molecule has 0 radical (unpaired) electrons. The van der Waals surface area contributed by atoms with Crippen molar-refractivity contribution < 1.29 is 9.72 Å². The average Bonchev–Trinajstić information content (AvgIpc) is 2.99. The van der Waals surface area contributed by atoms with Gasteiger partial charge < -0.3 is 10.6 Å². The maximum atomic E-state index is 12.0. The molecule has 3 rings (SSSR count). The fraction of sp³-hybridized carbons (Fsp3) is 0.231. The molecule has 0 aliphatic carbocycles. The van der Waals surface area contributed by atoms with E-state index in [0.717, 1.165) is 17.1 Å². The molecule has 0 fully saturated rings. The molecule has 0 atom stereocenters. The highest BCUT2D eigenvalue weighted by Crippen LogP contribution is 2.26. The van der Waals surface area contributed by atoms with Gasteiger partial charge >= 0.3 is 0 Å². The second kappa shape index (κ2) is 5.58. The van der Waals surface area contributed by atoms with E-state index in [4.69, 9.17) is 0 Å². The van der Waals surface area contributed by atoms with E-state index in [1.807, 2.05) is 0 Å². The number of nitro groups is 1. The molecule has 2 aromatic rings. The molecule has 1 aromatic carbocycles. The summed E-state index contributed by atoms with van der Waals surface area (Å²) in [7, 11) is 0. The SMILES string of the molecule is O=C(Cc1ccccc1[N+](=O)[O-])Nc1nc2c(s1)CNC2. The molecule has 8 heteroatoms. The van der Waals surface area contributed by atoms with Crippen LogP contribution in [0.2, 0.25) is 0 Å². The van der Waals surface area contributed by atoms with Gasteiger partial charge in [0.1, 0.15) is 0 Å². The number of hydrogen-bond acceptors (Lipinski definition) is 6. The first-order valence-corrected chi connectivity index (χ1v) is 7.16. The van der Waals surface area contributed by atoms with Gasteiger partial charge in [-0.1, -0.05) is 18.2 Å². The molecule has 1 amide bonds. The molecule has 0 bridgehead atoms. The number of carbonyl (C=O) groups excluding carboxylic acids is 1. The van der Waals surface area contributed by atoms with Gasteiger partial charge in [0.15, 0.2) is 5.13 Å². The van der Waals surface area contributed by atoms with Crippen molar-refractivity contribution in [3.63, 3.8) is 0 Å². The van der Waals surface area contributed by atoms with E-state index >= 15 is 0 Å². The molecule has 1 aliphatic heterocycles. The predicted octanol–water partition coefficient (Wildman–Crippen LogP) is 1.84. The molecule has 0 saturated heterocycles. The van der Waals surface area contributed by atoms with Gasteiger partial charge in [0.2, 0.25) is 5.91 Å². The number of para-hydroxylation sites is 1. The Morgan fingerprint density at radius 1 is 1.43 bits per heavy atom. The zero-order valence-electron chi connectivity index (χ0n) is 11.0. The Bertz CT molecular complexity index is 692. The van der Waals surface area contributed by atoms with Gasteiger partial charge in [-0.2, -0.15) is 0 Å². The van der Waals surface area contributed by atoms with E-state index < -0.39 is 4.92 Å². The van der Waals surface area contributed by atoms with Crippen molar-refractivity contribution in [2.24, 2.45) is 0 Å². The maximum Gasteiger partial charge on any atom is 0.273 e. The van der Waals surface area contributed by atoms with E-state index in [-0.39, 0.29) is 18.0 Å². The Morgan fingerprint density at radius 3 is 3.00 bits per heavy atom. The summed E-state index contributed by atoms with van der Waals surface area (Å²) in [6, 6.07) is 6.24. The van der Waals surface area contributed by atoms with Crippen molar-refractivity contribution in [3.05, 3.63) is 50.5 Å². The Labute approximate surface area is 124 Å². The maximum absolute atomic E-state index is 12.0. The van der Waals surface area contributed by atoms with Crippen LogP contribution in [-0.4, -0.2) is 15.8 Å². The standard InChI is InChI=1S/C13H12N4O3S/c18-12(5-8-3-1-2-4-10(8)17(19)20)16-13-15-9-6-14-7-11(9)21-13/h1-4,14H,5-7H2,(H,15,16,18). The van der Waals surface area contributed by atoms with Crippen LogP contribution in [0.3, 0.4) is 0 Å². The van der Waals surface area contributed by atoms with Crippen molar-refractivity contribution in [1.82, 2.24) is 10.3 Å². The summed E-state index contributed by atoms with van der Waals surface area (Å²) < 4.78 is 0. The number of carbonyl (C=O) groups is 1. The largest absolute Gasteiger partial charge is 0.306 e. The van der Waals surface area contributed by atoms with E-state index in [2.05, 4.69) is 15.6 Å². The molecule has 7 nitrogen and oxygen atoms in total. The highest BCUT2D eigenvalue weighted by atomic mass is 32.1. The Balaban J connectivity index is 1.70. The monoisotopic (exact) mass is 304 g/mol. The van der Waals surface area contributed by atoms with E-state index in [1.54, 1.807) is 18.2 Å². The Kier molecular flexibility index (Phi) is 3.63. The molecular weight excluding hydrogens is 292 g/mol. The van der Waals surface area contributed by atoms with Crippen LogP contribution in [0.5, 0.6) is 0 Å². The molecule has 0 saturated carbocycles. The third-order valence-electron chi connectivity index (χ3n) is 3.14. The first-order valence-electron chi connectivity index (χ1n) is 6.35. The minimum absolute atomic E-state index is 0.0420. The lowest BCUT2D eigenvalue weighted by atomic mass is 10.1. The summed E-state index contributed by atoms with van der Waals surface area (Å²) >= 11 is 1.43. The van der Waals surface area contributed by atoms with E-state index in [9.17, 15) is 14.9 Å². The molecule has 0 unspecified atom stereocenters. The predicted molar refractivity (Wildman–Crippen MR) is 78.1 cm³/mol. The second-order valence-electron chi connectivity index (χ2n) is 4.60. The van der Waals surface area contributed by atoms with Gasteiger partial charge in [0.25, 0.3) is 5.69 Å². The molecule has 1 aromatic heterocycles. The molecule has 0 spiro atoms. The van der Waals surface area contributed by atoms with Crippen LogP contribution in [0.4, 0.5) is 10.8 Å². The van der Waals surface area contributed by atoms with Crippen molar-refractivity contribution >= 4 is 28.1 Å². The van der Waals surface area contributed by atoms with Crippen molar-refractivity contribution in [2.75, 3.05) is 5.32 Å². The van der Waals surface area contributed by atoms with Crippen molar-refractivity contribution in [1.29, 1.82) is 0 Å². The van der Waals surface area contributed by atoms with Gasteiger partial charge in [-0.25, -0.2) is 4.98 Å². The number of fused-ring (bicyclic) bond motifs is 1. The molecular formula is C13H12N4O3S. The first-order chi connectivity index (χ1) is 10.1. The molecule has 2 heterocycles. The number of nitrogens with zero attached hydrogens (tertiary/aromatic N) is 2. The second-order valence-corrected chi connectivity index (χ2v) is 5.69. The minimum Gasteiger partial charge on any atom is -0.306 e. The van der Waals surface area contributed by atoms with Crippen molar-refractivity contribution in [2.45, 2.75) is 19.5 Å². The normalized spacial score (nSPS) is 13.0. The number of amides is 1. The van der Waals surface area contributed by atoms with Gasteiger partial charge in [0.05, 0.1) is 17.0 Å². The molecule has 2 N–H and O–H groups in total. The number of nitro benzene ring substituents is 1. The van der Waals surface area contributed by atoms with Gasteiger partial charge in [-0.15, -0.1) is 11.3 Å². The minimum atomic E-state index is -0.480. The van der Waals surface area contributed by atoms with Crippen LogP contribution < -0.4 is 10.6 Å². The lowest BCUT2D eigenvalue weighted by Gasteiger charge is -2.03. The summed E-state index contributed by atoms with van der Waals surface area (Å²) in [5, 5.41) is 17.3. The number of hydrogen-bond donors (Lipinski definition) is 2. The average molecular weight is 304 g/mol. The summed E-state index contributed by atoms with van der Waals surface area (Å²) in [6.45, 7) is 1.49. The zero-order valence-corrected chi connectivity index (χ0v) is 11.8. The van der Waals surface area contributed by atoms with Crippen LogP contribution in [-0.2, 0) is 24.3 Å². The fourth-order valence-corrected chi connectivity index (χ4v) is 3.15. The number of aromatic nitrogens is 1. The quantitative estimate of drug-likeness (QED) is 0.663. The summed E-state index contributed by atoms with van der Waals surface area (Å²) in [4.78, 5) is 27.9. The summed E-state index contributed by atoms with van der Waals surface area (Å²) in [5.41, 5.74) is 1.31. The number of anilines is 1. The number of rotatable bonds is 4. The Hall–Kier alpha value is -2.32. The fourth-order valence-electron chi connectivity index (χ4n) is 2.18. The van der Waals surface area contributed by atoms with Crippen LogP contribution in [0.15, 0.2) is 24.3 Å². The number of benzene rings is 1. The number of nitrogens with one attached hydrogen (secondary N) is 2. The van der Waals surface area contributed by atoms with Crippen LogP contribution >= 0.6 is 11.3 Å². The third kappa shape index (κ3) is 2.91. The smallest absolute Gasteiger partial charge is 0.273 e. The highest BCUT2D eigenvalue weighted by Gasteiger charge is 2.19. The summed E-state index contributed by atoms with van der Waals surface area (Å²) in [5.74, 6) is -0.301. The lowest BCUT2D eigenvalue weighted by molar-refractivity contribution is -0.385. The summed E-state index contributed by atoms with van der Waals surface area (Å²) in [6.07, 6.45) is -0.0420. The van der Waals surface area contributed by atoms with Gasteiger partial charge in [-0.3, -0.25) is 14.9 Å². The molecule has 1 aliphatic rings. The van der Waals surface area contributed by atoms with Crippen LogP contribution in [0, 0.1) is 10.1 Å². The van der Waals surface area contributed by atoms with Crippen molar-refractivity contribution in [3.8, 4) is 0 Å².